The van der Waals surface area contributed by atoms with E-state index in [1.807, 2.05) is 6.07 Å². The zero-order valence-corrected chi connectivity index (χ0v) is 27.7. The summed E-state index contributed by atoms with van der Waals surface area (Å²) in [5.74, 6) is 0. The Hall–Kier alpha value is -6.84. The van der Waals surface area contributed by atoms with Crippen molar-refractivity contribution in [3.8, 4) is 33.4 Å². The van der Waals surface area contributed by atoms with Crippen molar-refractivity contribution in [3.63, 3.8) is 0 Å². The molecule has 2 heterocycles. The van der Waals surface area contributed by atoms with Gasteiger partial charge in [-0.25, -0.2) is 0 Å². The fourth-order valence-electron chi connectivity index (χ4n) is 7.35. The summed E-state index contributed by atoms with van der Waals surface area (Å²) in [6.45, 7) is 0. The van der Waals surface area contributed by atoms with Crippen molar-refractivity contribution in [3.05, 3.63) is 188 Å². The van der Waals surface area contributed by atoms with Crippen molar-refractivity contribution < 1.29 is 8.83 Å². The van der Waals surface area contributed by atoms with Gasteiger partial charge in [-0.2, -0.15) is 0 Å². The van der Waals surface area contributed by atoms with E-state index in [1.165, 1.54) is 22.3 Å². The van der Waals surface area contributed by atoms with Gasteiger partial charge in [0.15, 0.2) is 0 Å². The third-order valence-electron chi connectivity index (χ3n) is 9.88. The number of hydrogen-bond acceptors (Lipinski definition) is 3. The first-order valence-corrected chi connectivity index (χ1v) is 17.2. The highest BCUT2D eigenvalue weighted by molar-refractivity contribution is 6.17. The minimum atomic E-state index is 0.844. The smallest absolute Gasteiger partial charge is 0.143 e. The van der Waals surface area contributed by atoms with E-state index in [2.05, 4.69) is 187 Å². The Labute approximate surface area is 295 Å². The Morgan fingerprint density at radius 2 is 0.784 bits per heavy atom. The van der Waals surface area contributed by atoms with Crippen molar-refractivity contribution >= 4 is 60.9 Å². The number of hydrogen-bond donors (Lipinski definition) is 0. The summed E-state index contributed by atoms with van der Waals surface area (Å²) < 4.78 is 13.1. The Morgan fingerprint density at radius 3 is 1.45 bits per heavy atom. The van der Waals surface area contributed by atoms with E-state index in [1.54, 1.807) is 0 Å². The third kappa shape index (κ3) is 5.06. The van der Waals surface area contributed by atoms with Gasteiger partial charge >= 0.3 is 0 Å². The van der Waals surface area contributed by atoms with Gasteiger partial charge < -0.3 is 13.7 Å². The molecule has 3 heteroatoms. The van der Waals surface area contributed by atoms with Gasteiger partial charge in [-0.1, -0.05) is 133 Å². The molecule has 0 saturated heterocycles. The molecule has 0 aliphatic heterocycles. The van der Waals surface area contributed by atoms with Crippen LogP contribution in [0.2, 0.25) is 0 Å². The van der Waals surface area contributed by atoms with Crippen LogP contribution in [0.15, 0.2) is 197 Å². The number of para-hydroxylation sites is 2. The highest BCUT2D eigenvalue weighted by Crippen LogP contribution is 2.42. The molecule has 240 valence electrons. The summed E-state index contributed by atoms with van der Waals surface area (Å²) in [5, 5.41) is 4.21. The quantitative estimate of drug-likeness (QED) is 0.179. The zero-order valence-electron chi connectivity index (χ0n) is 27.7. The highest BCUT2D eigenvalue weighted by Gasteiger charge is 2.18. The van der Waals surface area contributed by atoms with Crippen LogP contribution in [0.4, 0.5) is 17.1 Å². The molecule has 0 unspecified atom stereocenters. The second kappa shape index (κ2) is 11.9. The number of nitrogens with zero attached hydrogens (tertiary/aromatic N) is 1. The van der Waals surface area contributed by atoms with Crippen LogP contribution in [0.1, 0.15) is 0 Å². The average molecular weight is 654 g/mol. The third-order valence-corrected chi connectivity index (χ3v) is 9.88. The van der Waals surface area contributed by atoms with Gasteiger partial charge in [0.1, 0.15) is 22.3 Å². The lowest BCUT2D eigenvalue weighted by molar-refractivity contribution is 0.664. The topological polar surface area (TPSA) is 29.5 Å². The number of furan rings is 2. The van der Waals surface area contributed by atoms with Crippen LogP contribution in [-0.2, 0) is 0 Å². The Kier molecular flexibility index (Phi) is 6.81. The maximum Gasteiger partial charge on any atom is 0.143 e. The lowest BCUT2D eigenvalue weighted by Gasteiger charge is -2.25. The van der Waals surface area contributed by atoms with E-state index in [-0.39, 0.29) is 0 Å². The molecule has 10 aromatic rings. The van der Waals surface area contributed by atoms with Gasteiger partial charge in [0.05, 0.1) is 0 Å². The van der Waals surface area contributed by atoms with Gasteiger partial charge in [0, 0.05) is 44.2 Å². The molecule has 0 aliphatic rings. The fourth-order valence-corrected chi connectivity index (χ4v) is 7.35. The second-order valence-corrected chi connectivity index (χ2v) is 12.9. The van der Waals surface area contributed by atoms with Crippen LogP contribution in [0.5, 0.6) is 0 Å². The number of anilines is 3. The van der Waals surface area contributed by atoms with E-state index >= 15 is 0 Å². The molecule has 3 nitrogen and oxygen atoms in total. The molecule has 0 amide bonds. The van der Waals surface area contributed by atoms with Crippen molar-refractivity contribution in [2.75, 3.05) is 4.90 Å². The molecule has 0 fully saturated rings. The molecular weight excluding hydrogens is 623 g/mol. The minimum Gasteiger partial charge on any atom is -0.456 e. The SMILES string of the molecule is c1ccc(-c2ccc(-c3ccc(N(c4ccccc4)c4ccc5oc6cc7c(cc6c5c4)oc4c(-c5ccccc5)cccc47)cc3)cc2)cc1. The van der Waals surface area contributed by atoms with Crippen LogP contribution in [0.25, 0.3) is 77.3 Å². The molecule has 10 rings (SSSR count). The van der Waals surface area contributed by atoms with Gasteiger partial charge in [-0.3, -0.25) is 0 Å². The lowest BCUT2D eigenvalue weighted by Crippen LogP contribution is -2.09. The molecule has 0 N–H and O–H groups in total. The maximum absolute atomic E-state index is 6.61. The summed E-state index contributed by atoms with van der Waals surface area (Å²) >= 11 is 0. The zero-order chi connectivity index (χ0) is 33.7. The number of fused-ring (bicyclic) bond motifs is 6. The Balaban J connectivity index is 1.05. The molecule has 0 spiro atoms. The van der Waals surface area contributed by atoms with E-state index in [0.29, 0.717) is 0 Å². The van der Waals surface area contributed by atoms with Gasteiger partial charge in [-0.05, 0) is 82.4 Å². The van der Waals surface area contributed by atoms with Crippen LogP contribution >= 0.6 is 0 Å². The highest BCUT2D eigenvalue weighted by atomic mass is 16.3. The average Bonchev–Trinajstić information content (AvgIpc) is 3.75. The molecule has 0 saturated carbocycles. The summed E-state index contributed by atoms with van der Waals surface area (Å²) in [6.07, 6.45) is 0. The van der Waals surface area contributed by atoms with Crippen LogP contribution in [0, 0.1) is 0 Å². The van der Waals surface area contributed by atoms with Gasteiger partial charge in [-0.15, -0.1) is 0 Å². The monoisotopic (exact) mass is 653 g/mol. The summed E-state index contributed by atoms with van der Waals surface area (Å²) in [6, 6.07) is 66.1. The molecule has 8 aromatic carbocycles. The van der Waals surface area contributed by atoms with Crippen molar-refractivity contribution in [2.24, 2.45) is 0 Å². The standard InChI is InChI=1S/C48H31NO2/c1-4-11-32(12-5-1)33-19-21-34(22-20-33)35-23-25-38(26-24-35)49(37-15-8-3-9-16-37)39-27-28-45-42(29-39)44-31-47-43(30-46(44)50-45)41-18-10-17-40(48(41)51-47)36-13-6-2-7-14-36/h1-31H. The number of rotatable bonds is 6. The second-order valence-electron chi connectivity index (χ2n) is 12.9. The first-order chi connectivity index (χ1) is 25.3. The van der Waals surface area contributed by atoms with Crippen molar-refractivity contribution in [2.45, 2.75) is 0 Å². The Bertz CT molecular complexity index is 2820. The molecule has 0 radical (unpaired) electrons. The summed E-state index contributed by atoms with van der Waals surface area (Å²) in [5.41, 5.74) is 13.7. The van der Waals surface area contributed by atoms with E-state index in [0.717, 1.165) is 72.1 Å². The molecule has 0 atom stereocenters. The number of benzene rings is 8. The molecule has 51 heavy (non-hydrogen) atoms. The van der Waals surface area contributed by atoms with E-state index in [4.69, 9.17) is 8.83 Å². The van der Waals surface area contributed by atoms with Crippen LogP contribution < -0.4 is 4.90 Å². The predicted molar refractivity (Wildman–Crippen MR) is 212 cm³/mol. The predicted octanol–water partition coefficient (Wildman–Crippen LogP) is 14.0. The summed E-state index contributed by atoms with van der Waals surface area (Å²) in [7, 11) is 0. The minimum absolute atomic E-state index is 0.844. The molecule has 0 bridgehead atoms. The maximum atomic E-state index is 6.61. The van der Waals surface area contributed by atoms with E-state index in [9.17, 15) is 0 Å². The fraction of sp³-hybridized carbons (Fsp3) is 0. The largest absolute Gasteiger partial charge is 0.456 e. The molecule has 2 aromatic heterocycles. The van der Waals surface area contributed by atoms with E-state index < -0.39 is 0 Å². The Morgan fingerprint density at radius 1 is 0.294 bits per heavy atom. The van der Waals surface area contributed by atoms with Crippen LogP contribution in [0.3, 0.4) is 0 Å². The van der Waals surface area contributed by atoms with Crippen LogP contribution in [-0.4, -0.2) is 0 Å². The summed E-state index contributed by atoms with van der Waals surface area (Å²) in [4.78, 5) is 2.30. The molecule has 0 aliphatic carbocycles. The van der Waals surface area contributed by atoms with Crippen molar-refractivity contribution in [1.29, 1.82) is 0 Å². The van der Waals surface area contributed by atoms with Crippen molar-refractivity contribution in [1.82, 2.24) is 0 Å². The van der Waals surface area contributed by atoms with Gasteiger partial charge in [0.25, 0.3) is 0 Å². The molecular formula is C48H31NO2. The first-order valence-electron chi connectivity index (χ1n) is 17.2. The lowest BCUT2D eigenvalue weighted by atomic mass is 10.00. The normalized spacial score (nSPS) is 11.5. The van der Waals surface area contributed by atoms with Gasteiger partial charge in [0.2, 0.25) is 0 Å². The first kappa shape index (κ1) is 29.1.